The maximum absolute atomic E-state index is 13.0. The number of thiophene rings is 1. The molecule has 0 aliphatic carbocycles. The van der Waals surface area contributed by atoms with Crippen LogP contribution >= 0.6 is 11.3 Å². The van der Waals surface area contributed by atoms with E-state index in [4.69, 9.17) is 0 Å². The number of carbonyl (C=O) groups excluding carboxylic acids is 1. The van der Waals surface area contributed by atoms with Crippen LogP contribution in [-0.4, -0.2) is 20.9 Å². The van der Waals surface area contributed by atoms with Gasteiger partial charge in [0.1, 0.15) is 9.46 Å². The van der Waals surface area contributed by atoms with E-state index in [0.717, 1.165) is 5.56 Å². The lowest BCUT2D eigenvalue weighted by atomic mass is 10.1. The number of hydrogen-bond acceptors (Lipinski definition) is 4. The monoisotopic (exact) mass is 399 g/mol. The summed E-state index contributed by atoms with van der Waals surface area (Å²) in [4.78, 5) is 12.3. The molecular weight excluding hydrogens is 378 g/mol. The van der Waals surface area contributed by atoms with Crippen molar-refractivity contribution in [3.05, 3.63) is 89.3 Å². The Bertz CT molecular complexity index is 953. The number of carbonyl (C=O) groups is 1. The van der Waals surface area contributed by atoms with E-state index in [-0.39, 0.29) is 12.5 Å². The fraction of sp³-hybridized carbons (Fsp3) is 0.190. The summed E-state index contributed by atoms with van der Waals surface area (Å²) >= 11 is 1.19. The topological polar surface area (TPSA) is 63.2 Å². The van der Waals surface area contributed by atoms with Crippen LogP contribution in [0.2, 0.25) is 0 Å². The maximum Gasteiger partial charge on any atom is 0.220 e. The lowest BCUT2D eigenvalue weighted by Crippen LogP contribution is -2.31. The van der Waals surface area contributed by atoms with E-state index < -0.39 is 15.1 Å². The molecular formula is C21H21NO3S2. The molecule has 0 radical (unpaired) electrons. The van der Waals surface area contributed by atoms with E-state index in [1.165, 1.54) is 11.3 Å². The molecule has 0 fully saturated rings. The number of amides is 1. The van der Waals surface area contributed by atoms with Crippen molar-refractivity contribution in [2.45, 2.75) is 22.3 Å². The average Bonchev–Trinajstić information content (AvgIpc) is 3.24. The summed E-state index contributed by atoms with van der Waals surface area (Å²) in [6, 6.07) is 22.1. The van der Waals surface area contributed by atoms with Gasteiger partial charge in [0.25, 0.3) is 0 Å². The first-order chi connectivity index (χ1) is 13.1. The minimum absolute atomic E-state index is 0.0534. The van der Waals surface area contributed by atoms with Gasteiger partial charge in [0, 0.05) is 13.0 Å². The average molecular weight is 400 g/mol. The summed E-state index contributed by atoms with van der Waals surface area (Å²) in [5.41, 5.74) is 1.76. The van der Waals surface area contributed by atoms with Crippen LogP contribution in [0.15, 0.2) is 82.4 Å². The predicted molar refractivity (Wildman–Crippen MR) is 108 cm³/mol. The van der Waals surface area contributed by atoms with Crippen LogP contribution in [0.5, 0.6) is 0 Å². The van der Waals surface area contributed by atoms with Gasteiger partial charge in [0.15, 0.2) is 9.84 Å². The van der Waals surface area contributed by atoms with Crippen molar-refractivity contribution in [2.75, 3.05) is 6.54 Å². The molecule has 1 N–H and O–H groups in total. The highest BCUT2D eigenvalue weighted by molar-refractivity contribution is 7.93. The molecule has 3 rings (SSSR count). The van der Waals surface area contributed by atoms with E-state index in [9.17, 15) is 13.2 Å². The highest BCUT2D eigenvalue weighted by Gasteiger charge is 2.30. The Morgan fingerprint density at radius 3 is 2.22 bits per heavy atom. The largest absolute Gasteiger partial charge is 0.354 e. The first kappa shape index (κ1) is 19.3. The predicted octanol–water partition coefficient (Wildman–Crippen LogP) is 4.01. The summed E-state index contributed by atoms with van der Waals surface area (Å²) in [6.45, 7) is 0.0534. The number of rotatable bonds is 8. The molecule has 1 heterocycles. The first-order valence-electron chi connectivity index (χ1n) is 8.70. The summed E-state index contributed by atoms with van der Waals surface area (Å²) in [5.74, 6) is -0.152. The highest BCUT2D eigenvalue weighted by atomic mass is 32.2. The summed E-state index contributed by atoms with van der Waals surface area (Å²) in [7, 11) is -3.57. The van der Waals surface area contributed by atoms with Gasteiger partial charge < -0.3 is 5.32 Å². The zero-order valence-corrected chi connectivity index (χ0v) is 16.4. The van der Waals surface area contributed by atoms with Gasteiger partial charge in [-0.05, 0) is 29.0 Å². The molecule has 0 spiro atoms. The third-order valence-electron chi connectivity index (χ3n) is 4.29. The first-order valence-corrected chi connectivity index (χ1v) is 11.1. The highest BCUT2D eigenvalue weighted by Crippen LogP contribution is 2.31. The second-order valence-electron chi connectivity index (χ2n) is 6.17. The van der Waals surface area contributed by atoms with Crippen LogP contribution in [0, 0.1) is 0 Å². The van der Waals surface area contributed by atoms with Gasteiger partial charge in [-0.25, -0.2) is 8.42 Å². The summed E-state index contributed by atoms with van der Waals surface area (Å²) in [6.07, 6.45) is 0.949. The molecule has 0 aliphatic rings. The zero-order chi connectivity index (χ0) is 19.1. The zero-order valence-electron chi connectivity index (χ0n) is 14.7. The lowest BCUT2D eigenvalue weighted by Gasteiger charge is -2.18. The van der Waals surface area contributed by atoms with Crippen molar-refractivity contribution in [3.63, 3.8) is 0 Å². The van der Waals surface area contributed by atoms with E-state index >= 15 is 0 Å². The number of aryl methyl sites for hydroxylation is 1. The van der Waals surface area contributed by atoms with E-state index in [1.54, 1.807) is 29.6 Å². The molecule has 3 aromatic rings. The minimum Gasteiger partial charge on any atom is -0.354 e. The standard InChI is InChI=1S/C21H21NO3S2/c23-20(14-13-17-8-3-1-4-9-17)22-16-19(18-10-5-2-6-11-18)27(24,25)21-12-7-15-26-21/h1-12,15,19H,13-14,16H2,(H,22,23)/t19-/m0/s1. The molecule has 0 bridgehead atoms. The van der Waals surface area contributed by atoms with Gasteiger partial charge in [0.2, 0.25) is 5.91 Å². The van der Waals surface area contributed by atoms with Crippen molar-refractivity contribution in [1.29, 1.82) is 0 Å². The molecule has 0 saturated heterocycles. The second-order valence-corrected chi connectivity index (χ2v) is 9.47. The molecule has 0 aliphatic heterocycles. The van der Waals surface area contributed by atoms with Crippen molar-refractivity contribution in [2.24, 2.45) is 0 Å². The van der Waals surface area contributed by atoms with Crippen molar-refractivity contribution >= 4 is 27.1 Å². The summed E-state index contributed by atoms with van der Waals surface area (Å²) < 4.78 is 26.4. The Morgan fingerprint density at radius 2 is 1.59 bits per heavy atom. The fourth-order valence-corrected chi connectivity index (χ4v) is 5.70. The molecule has 0 unspecified atom stereocenters. The van der Waals surface area contributed by atoms with Crippen LogP contribution in [0.1, 0.15) is 22.8 Å². The van der Waals surface area contributed by atoms with Gasteiger partial charge >= 0.3 is 0 Å². The van der Waals surface area contributed by atoms with Crippen molar-refractivity contribution in [3.8, 4) is 0 Å². The lowest BCUT2D eigenvalue weighted by molar-refractivity contribution is -0.121. The van der Waals surface area contributed by atoms with Crippen LogP contribution in [0.3, 0.4) is 0 Å². The maximum atomic E-state index is 13.0. The minimum atomic E-state index is -3.57. The van der Waals surface area contributed by atoms with Crippen LogP contribution in [0.4, 0.5) is 0 Å². The molecule has 1 amide bonds. The quantitative estimate of drug-likeness (QED) is 0.622. The molecule has 0 saturated carbocycles. The van der Waals surface area contributed by atoms with Crippen molar-refractivity contribution < 1.29 is 13.2 Å². The molecule has 140 valence electrons. The Hall–Kier alpha value is -2.44. The normalized spacial score (nSPS) is 12.4. The smallest absolute Gasteiger partial charge is 0.220 e. The number of benzene rings is 2. The second kappa shape index (κ2) is 8.97. The summed E-state index contributed by atoms with van der Waals surface area (Å²) in [5, 5.41) is 3.74. The van der Waals surface area contributed by atoms with Gasteiger partial charge in [-0.3, -0.25) is 4.79 Å². The molecule has 2 aromatic carbocycles. The number of nitrogens with one attached hydrogen (secondary N) is 1. The fourth-order valence-electron chi connectivity index (χ4n) is 2.84. The van der Waals surface area contributed by atoms with Crippen LogP contribution in [-0.2, 0) is 21.1 Å². The molecule has 6 heteroatoms. The van der Waals surface area contributed by atoms with Crippen LogP contribution < -0.4 is 5.32 Å². The molecule has 27 heavy (non-hydrogen) atoms. The Morgan fingerprint density at radius 1 is 0.926 bits per heavy atom. The Labute approximate surface area is 163 Å². The van der Waals surface area contributed by atoms with Gasteiger partial charge in [-0.2, -0.15) is 0 Å². The SMILES string of the molecule is O=C(CCc1ccccc1)NC[C@@H](c1ccccc1)S(=O)(=O)c1cccs1. The molecule has 1 atom stereocenters. The molecule has 1 aromatic heterocycles. The van der Waals surface area contributed by atoms with Gasteiger partial charge in [-0.15, -0.1) is 11.3 Å². The number of sulfone groups is 1. The van der Waals surface area contributed by atoms with E-state index in [1.807, 2.05) is 48.5 Å². The third kappa shape index (κ3) is 5.05. The Kier molecular flexibility index (Phi) is 6.42. The van der Waals surface area contributed by atoms with Gasteiger partial charge in [-0.1, -0.05) is 66.7 Å². The van der Waals surface area contributed by atoms with E-state index in [0.29, 0.717) is 22.6 Å². The number of hydrogen-bond donors (Lipinski definition) is 1. The van der Waals surface area contributed by atoms with Gasteiger partial charge in [0.05, 0.1) is 0 Å². The van der Waals surface area contributed by atoms with E-state index in [2.05, 4.69) is 5.32 Å². The van der Waals surface area contributed by atoms with Crippen molar-refractivity contribution in [1.82, 2.24) is 5.32 Å². The Balaban J connectivity index is 1.70. The van der Waals surface area contributed by atoms with Crippen LogP contribution in [0.25, 0.3) is 0 Å². The third-order valence-corrected chi connectivity index (χ3v) is 7.82. The molecule has 4 nitrogen and oxygen atoms in total.